The molecule has 1 aromatic rings. The fourth-order valence-corrected chi connectivity index (χ4v) is 2.83. The molecule has 0 aliphatic heterocycles. The molecule has 1 heteroatoms. The van der Waals surface area contributed by atoms with Crippen LogP contribution in [0, 0.1) is 26.7 Å². The van der Waals surface area contributed by atoms with Gasteiger partial charge in [-0.2, -0.15) is 0 Å². The average molecular weight is 247 g/mol. The van der Waals surface area contributed by atoms with Crippen molar-refractivity contribution in [2.45, 2.75) is 60.4 Å². The lowest BCUT2D eigenvalue weighted by atomic mass is 9.89. The summed E-state index contributed by atoms with van der Waals surface area (Å²) in [5, 5.41) is 3.72. The van der Waals surface area contributed by atoms with E-state index < -0.39 is 0 Å². The van der Waals surface area contributed by atoms with E-state index in [2.05, 4.69) is 59.0 Å². The molecule has 0 fully saturated rings. The molecule has 1 rings (SSSR count). The summed E-state index contributed by atoms with van der Waals surface area (Å²) in [4.78, 5) is 0. The van der Waals surface area contributed by atoms with Crippen molar-refractivity contribution in [3.8, 4) is 0 Å². The standard InChI is InChI=1S/C17H29N/c1-7-8-18-16(9-12(2)3)17-14(5)10-13(4)11-15(17)6/h10-12,16,18H,7-9H2,1-6H3. The second kappa shape index (κ2) is 6.94. The first-order valence-electron chi connectivity index (χ1n) is 7.26. The normalized spacial score (nSPS) is 13.1. The van der Waals surface area contributed by atoms with Gasteiger partial charge in [-0.25, -0.2) is 0 Å². The van der Waals surface area contributed by atoms with Gasteiger partial charge in [-0.3, -0.25) is 0 Å². The molecular weight excluding hydrogens is 218 g/mol. The molecule has 0 saturated carbocycles. The molecule has 1 aromatic carbocycles. The Morgan fingerprint density at radius 1 is 1.06 bits per heavy atom. The van der Waals surface area contributed by atoms with Crippen molar-refractivity contribution in [2.24, 2.45) is 5.92 Å². The molecule has 0 saturated heterocycles. The van der Waals surface area contributed by atoms with Gasteiger partial charge in [-0.15, -0.1) is 0 Å². The molecule has 0 aliphatic rings. The molecule has 0 amide bonds. The Bertz CT molecular complexity index is 356. The summed E-state index contributed by atoms with van der Waals surface area (Å²) in [5.74, 6) is 0.722. The highest BCUT2D eigenvalue weighted by atomic mass is 14.9. The molecule has 0 bridgehead atoms. The maximum absolute atomic E-state index is 3.72. The maximum Gasteiger partial charge on any atom is 0.0327 e. The van der Waals surface area contributed by atoms with Crippen molar-refractivity contribution in [1.82, 2.24) is 5.32 Å². The second-order valence-electron chi connectivity index (χ2n) is 5.95. The van der Waals surface area contributed by atoms with Gasteiger partial charge in [0.1, 0.15) is 0 Å². The van der Waals surface area contributed by atoms with Crippen LogP contribution in [0.2, 0.25) is 0 Å². The Kier molecular flexibility index (Phi) is 5.87. The van der Waals surface area contributed by atoms with E-state index in [4.69, 9.17) is 0 Å². The summed E-state index contributed by atoms with van der Waals surface area (Å²) in [5.41, 5.74) is 5.75. The summed E-state index contributed by atoms with van der Waals surface area (Å²) < 4.78 is 0. The Balaban J connectivity index is 3.03. The predicted octanol–water partition coefficient (Wildman–Crippen LogP) is 4.70. The van der Waals surface area contributed by atoms with Crippen molar-refractivity contribution in [2.75, 3.05) is 6.54 Å². The first-order valence-corrected chi connectivity index (χ1v) is 7.26. The fraction of sp³-hybridized carbons (Fsp3) is 0.647. The molecule has 1 unspecified atom stereocenters. The number of aryl methyl sites for hydroxylation is 3. The SMILES string of the molecule is CCCNC(CC(C)C)c1c(C)cc(C)cc1C. The van der Waals surface area contributed by atoms with Crippen LogP contribution in [-0.2, 0) is 0 Å². The van der Waals surface area contributed by atoms with Gasteiger partial charge in [-0.1, -0.05) is 38.5 Å². The predicted molar refractivity (Wildman–Crippen MR) is 81.1 cm³/mol. The summed E-state index contributed by atoms with van der Waals surface area (Å²) in [6.45, 7) is 14.6. The van der Waals surface area contributed by atoms with E-state index in [0.717, 1.165) is 12.5 Å². The first-order chi connectivity index (χ1) is 8.45. The molecular formula is C17H29N. The van der Waals surface area contributed by atoms with Gasteiger partial charge >= 0.3 is 0 Å². The van der Waals surface area contributed by atoms with E-state index in [1.54, 1.807) is 0 Å². The lowest BCUT2D eigenvalue weighted by Gasteiger charge is -2.25. The van der Waals surface area contributed by atoms with Crippen LogP contribution < -0.4 is 5.32 Å². The van der Waals surface area contributed by atoms with Crippen LogP contribution in [0.1, 0.15) is 61.9 Å². The summed E-state index contributed by atoms with van der Waals surface area (Å²) in [7, 11) is 0. The number of benzene rings is 1. The zero-order valence-electron chi connectivity index (χ0n) is 12.9. The van der Waals surface area contributed by atoms with E-state index in [9.17, 15) is 0 Å². The van der Waals surface area contributed by atoms with Crippen LogP contribution >= 0.6 is 0 Å². The van der Waals surface area contributed by atoms with Crippen LogP contribution in [0.3, 0.4) is 0 Å². The van der Waals surface area contributed by atoms with Crippen LogP contribution in [0.4, 0.5) is 0 Å². The van der Waals surface area contributed by atoms with Crippen LogP contribution in [0.25, 0.3) is 0 Å². The molecule has 102 valence electrons. The van der Waals surface area contributed by atoms with Gasteiger partial charge in [0.2, 0.25) is 0 Å². The van der Waals surface area contributed by atoms with E-state index in [0.29, 0.717) is 6.04 Å². The Labute approximate surface area is 113 Å². The highest BCUT2D eigenvalue weighted by Gasteiger charge is 2.17. The van der Waals surface area contributed by atoms with E-state index in [1.165, 1.54) is 35.1 Å². The minimum atomic E-state index is 0.505. The quantitative estimate of drug-likeness (QED) is 0.768. The zero-order chi connectivity index (χ0) is 13.7. The topological polar surface area (TPSA) is 12.0 Å². The molecule has 1 nitrogen and oxygen atoms in total. The Morgan fingerprint density at radius 2 is 1.61 bits per heavy atom. The maximum atomic E-state index is 3.72. The van der Waals surface area contributed by atoms with Crippen molar-refractivity contribution in [3.63, 3.8) is 0 Å². The molecule has 0 radical (unpaired) electrons. The highest BCUT2D eigenvalue weighted by Crippen LogP contribution is 2.28. The average Bonchev–Trinajstić information content (AvgIpc) is 2.23. The molecule has 0 aliphatic carbocycles. The lowest BCUT2D eigenvalue weighted by molar-refractivity contribution is 0.427. The van der Waals surface area contributed by atoms with Gasteiger partial charge in [0.25, 0.3) is 0 Å². The smallest absolute Gasteiger partial charge is 0.0327 e. The summed E-state index contributed by atoms with van der Waals surface area (Å²) in [6, 6.07) is 5.12. The van der Waals surface area contributed by atoms with Crippen molar-refractivity contribution in [3.05, 3.63) is 34.4 Å². The third-order valence-electron chi connectivity index (χ3n) is 3.43. The van der Waals surface area contributed by atoms with Crippen molar-refractivity contribution >= 4 is 0 Å². The highest BCUT2D eigenvalue weighted by molar-refractivity contribution is 5.39. The molecule has 0 aromatic heterocycles. The van der Waals surface area contributed by atoms with Crippen LogP contribution in [0.15, 0.2) is 12.1 Å². The zero-order valence-corrected chi connectivity index (χ0v) is 12.9. The minimum Gasteiger partial charge on any atom is -0.310 e. The first kappa shape index (κ1) is 15.2. The molecule has 0 spiro atoms. The van der Waals surface area contributed by atoms with Crippen molar-refractivity contribution in [1.29, 1.82) is 0 Å². The van der Waals surface area contributed by atoms with Gasteiger partial charge in [0.05, 0.1) is 0 Å². The van der Waals surface area contributed by atoms with Crippen LogP contribution in [0.5, 0.6) is 0 Å². The lowest BCUT2D eigenvalue weighted by Crippen LogP contribution is -2.25. The third-order valence-corrected chi connectivity index (χ3v) is 3.43. The number of hydrogen-bond acceptors (Lipinski definition) is 1. The number of nitrogens with one attached hydrogen (secondary N) is 1. The third kappa shape index (κ3) is 4.13. The molecule has 1 N–H and O–H groups in total. The van der Waals surface area contributed by atoms with E-state index in [-0.39, 0.29) is 0 Å². The van der Waals surface area contributed by atoms with Crippen molar-refractivity contribution < 1.29 is 0 Å². The van der Waals surface area contributed by atoms with Gasteiger partial charge < -0.3 is 5.32 Å². The number of rotatable bonds is 6. The number of hydrogen-bond donors (Lipinski definition) is 1. The molecule has 18 heavy (non-hydrogen) atoms. The Hall–Kier alpha value is -0.820. The van der Waals surface area contributed by atoms with E-state index in [1.807, 2.05) is 0 Å². The largest absolute Gasteiger partial charge is 0.310 e. The van der Waals surface area contributed by atoms with Gasteiger partial charge in [-0.05, 0) is 62.8 Å². The van der Waals surface area contributed by atoms with E-state index >= 15 is 0 Å². The summed E-state index contributed by atoms with van der Waals surface area (Å²) in [6.07, 6.45) is 2.41. The second-order valence-corrected chi connectivity index (χ2v) is 5.95. The van der Waals surface area contributed by atoms with Gasteiger partial charge in [0.15, 0.2) is 0 Å². The fourth-order valence-electron chi connectivity index (χ4n) is 2.83. The Morgan fingerprint density at radius 3 is 2.06 bits per heavy atom. The molecule has 1 atom stereocenters. The summed E-state index contributed by atoms with van der Waals surface area (Å²) >= 11 is 0. The minimum absolute atomic E-state index is 0.505. The monoisotopic (exact) mass is 247 g/mol. The van der Waals surface area contributed by atoms with Crippen LogP contribution in [-0.4, -0.2) is 6.54 Å². The van der Waals surface area contributed by atoms with Gasteiger partial charge in [0, 0.05) is 6.04 Å². The molecule has 0 heterocycles.